The number of aromatic nitrogens is 1. The van der Waals surface area contributed by atoms with Gasteiger partial charge in [-0.3, -0.25) is 9.78 Å². The van der Waals surface area contributed by atoms with Crippen molar-refractivity contribution in [2.75, 3.05) is 0 Å². The summed E-state index contributed by atoms with van der Waals surface area (Å²) in [6.45, 7) is 4.00. The minimum atomic E-state index is 0.0381. The molecular weight excluding hydrogens is 218 g/mol. The minimum Gasteiger partial charge on any atom is -0.287 e. The van der Waals surface area contributed by atoms with Crippen molar-refractivity contribution in [3.8, 4) is 0 Å². The number of thiophene rings is 1. The maximum atomic E-state index is 12.3. The Bertz CT molecular complexity index is 516. The Morgan fingerprint density at radius 3 is 2.88 bits per heavy atom. The average molecular weight is 231 g/mol. The van der Waals surface area contributed by atoms with Gasteiger partial charge in [0.15, 0.2) is 0 Å². The van der Waals surface area contributed by atoms with Gasteiger partial charge in [-0.2, -0.15) is 0 Å². The Morgan fingerprint density at radius 1 is 1.44 bits per heavy atom. The van der Waals surface area contributed by atoms with Gasteiger partial charge < -0.3 is 0 Å². The molecule has 0 radical (unpaired) electrons. The molecule has 0 saturated heterocycles. The molecule has 2 rings (SSSR count). The highest BCUT2D eigenvalue weighted by Gasteiger charge is 2.16. The first-order valence-corrected chi connectivity index (χ1v) is 6.14. The second-order valence-corrected chi connectivity index (χ2v) is 4.70. The molecule has 16 heavy (non-hydrogen) atoms. The van der Waals surface area contributed by atoms with Crippen LogP contribution in [-0.2, 0) is 6.42 Å². The minimum absolute atomic E-state index is 0.0381. The van der Waals surface area contributed by atoms with Crippen LogP contribution in [0.1, 0.15) is 33.4 Å². The summed E-state index contributed by atoms with van der Waals surface area (Å²) in [6.07, 6.45) is 2.51. The lowest BCUT2D eigenvalue weighted by molar-refractivity contribution is 0.103. The number of carbonyl (C=O) groups excluding carboxylic acids is 1. The lowest BCUT2D eigenvalue weighted by atomic mass is 10.0. The lowest BCUT2D eigenvalue weighted by Crippen LogP contribution is -2.07. The number of nitrogens with zero attached hydrogens (tertiary/aromatic N) is 1. The summed E-state index contributed by atoms with van der Waals surface area (Å²) >= 11 is 1.59. The van der Waals surface area contributed by atoms with Crippen LogP contribution in [0.25, 0.3) is 0 Å². The Hall–Kier alpha value is -1.48. The second-order valence-electron chi connectivity index (χ2n) is 3.58. The molecule has 0 fully saturated rings. The molecule has 0 amide bonds. The number of pyridine rings is 1. The first kappa shape index (κ1) is 11.0. The summed E-state index contributed by atoms with van der Waals surface area (Å²) in [6, 6.07) is 5.70. The Morgan fingerprint density at radius 2 is 2.25 bits per heavy atom. The highest BCUT2D eigenvalue weighted by atomic mass is 32.1. The van der Waals surface area contributed by atoms with Crippen LogP contribution in [-0.4, -0.2) is 10.8 Å². The fourth-order valence-corrected chi connectivity index (χ4v) is 2.37. The number of aryl methyl sites for hydroxylation is 2. The Kier molecular flexibility index (Phi) is 3.15. The van der Waals surface area contributed by atoms with Crippen LogP contribution in [0.15, 0.2) is 29.8 Å². The van der Waals surface area contributed by atoms with Crippen LogP contribution in [0.5, 0.6) is 0 Å². The van der Waals surface area contributed by atoms with E-state index in [-0.39, 0.29) is 5.78 Å². The highest BCUT2D eigenvalue weighted by Crippen LogP contribution is 2.20. The molecule has 2 aromatic heterocycles. The van der Waals surface area contributed by atoms with Gasteiger partial charge in [-0.15, -0.1) is 11.3 Å². The van der Waals surface area contributed by atoms with Gasteiger partial charge in [0, 0.05) is 16.6 Å². The number of hydrogen-bond donors (Lipinski definition) is 0. The van der Waals surface area contributed by atoms with Crippen molar-refractivity contribution in [3.63, 3.8) is 0 Å². The largest absolute Gasteiger partial charge is 0.287 e. The van der Waals surface area contributed by atoms with E-state index in [9.17, 15) is 4.79 Å². The fourth-order valence-electron chi connectivity index (χ4n) is 1.68. The third kappa shape index (κ3) is 1.91. The van der Waals surface area contributed by atoms with Crippen molar-refractivity contribution < 1.29 is 4.79 Å². The van der Waals surface area contributed by atoms with Crippen LogP contribution in [0.3, 0.4) is 0 Å². The van der Waals surface area contributed by atoms with Crippen molar-refractivity contribution in [3.05, 3.63) is 51.5 Å². The third-order valence-corrected chi connectivity index (χ3v) is 3.44. The summed E-state index contributed by atoms with van der Waals surface area (Å²) in [5.74, 6) is 0.0381. The average Bonchev–Trinajstić information content (AvgIpc) is 2.74. The van der Waals surface area contributed by atoms with E-state index in [1.807, 2.05) is 37.4 Å². The molecule has 0 spiro atoms. The molecule has 0 aliphatic rings. The zero-order valence-electron chi connectivity index (χ0n) is 9.36. The van der Waals surface area contributed by atoms with E-state index >= 15 is 0 Å². The van der Waals surface area contributed by atoms with Gasteiger partial charge in [0.25, 0.3) is 0 Å². The topological polar surface area (TPSA) is 30.0 Å². The third-order valence-electron chi connectivity index (χ3n) is 2.59. The molecule has 0 saturated carbocycles. The first-order valence-electron chi connectivity index (χ1n) is 5.26. The van der Waals surface area contributed by atoms with E-state index in [2.05, 4.69) is 4.98 Å². The van der Waals surface area contributed by atoms with Crippen molar-refractivity contribution >= 4 is 17.1 Å². The van der Waals surface area contributed by atoms with Crippen LogP contribution in [0.2, 0.25) is 0 Å². The van der Waals surface area contributed by atoms with Crippen LogP contribution in [0.4, 0.5) is 0 Å². The van der Waals surface area contributed by atoms with Crippen molar-refractivity contribution in [2.45, 2.75) is 20.3 Å². The molecular formula is C13H13NOS. The molecule has 0 atom stereocenters. The van der Waals surface area contributed by atoms with Crippen molar-refractivity contribution in [1.29, 1.82) is 0 Å². The van der Waals surface area contributed by atoms with Gasteiger partial charge in [-0.1, -0.05) is 13.0 Å². The molecule has 0 aliphatic heterocycles. The maximum absolute atomic E-state index is 12.3. The van der Waals surface area contributed by atoms with Crippen LogP contribution >= 0.6 is 11.3 Å². The van der Waals surface area contributed by atoms with Crippen molar-refractivity contribution in [2.24, 2.45) is 0 Å². The second kappa shape index (κ2) is 4.58. The van der Waals surface area contributed by atoms with Gasteiger partial charge >= 0.3 is 0 Å². The van der Waals surface area contributed by atoms with Gasteiger partial charge in [0.1, 0.15) is 5.69 Å². The standard InChI is InChI=1S/C13H13NOS/c1-3-10-5-4-7-14-12(10)13(15)11-6-8-16-9(11)2/h4-8H,3H2,1-2H3. The molecule has 0 bridgehead atoms. The first-order chi connectivity index (χ1) is 7.74. The number of carbonyl (C=O) groups is 1. The predicted molar refractivity (Wildman–Crippen MR) is 66.1 cm³/mol. The molecule has 0 unspecified atom stereocenters. The number of ketones is 1. The van der Waals surface area contributed by atoms with Gasteiger partial charge in [-0.25, -0.2) is 0 Å². The molecule has 0 N–H and O–H groups in total. The molecule has 2 nitrogen and oxygen atoms in total. The molecule has 2 heterocycles. The zero-order chi connectivity index (χ0) is 11.5. The Balaban J connectivity index is 2.46. The monoisotopic (exact) mass is 231 g/mol. The van der Waals surface area contributed by atoms with Gasteiger partial charge in [0.05, 0.1) is 0 Å². The van der Waals surface area contributed by atoms with Crippen LogP contribution in [0, 0.1) is 6.92 Å². The Labute approximate surface area is 99.0 Å². The molecule has 82 valence electrons. The van der Waals surface area contributed by atoms with E-state index in [0.717, 1.165) is 22.4 Å². The van der Waals surface area contributed by atoms with Crippen molar-refractivity contribution in [1.82, 2.24) is 4.98 Å². The predicted octanol–water partition coefficient (Wildman–Crippen LogP) is 3.24. The fraction of sp³-hybridized carbons (Fsp3) is 0.231. The molecule has 0 aromatic carbocycles. The van der Waals surface area contributed by atoms with Crippen LogP contribution < -0.4 is 0 Å². The summed E-state index contributed by atoms with van der Waals surface area (Å²) in [5.41, 5.74) is 2.38. The number of hydrogen-bond acceptors (Lipinski definition) is 3. The van der Waals surface area contributed by atoms with Gasteiger partial charge in [0.2, 0.25) is 5.78 Å². The maximum Gasteiger partial charge on any atom is 0.212 e. The van der Waals surface area contributed by atoms with E-state index in [1.54, 1.807) is 17.5 Å². The zero-order valence-corrected chi connectivity index (χ0v) is 10.2. The van der Waals surface area contributed by atoms with E-state index in [0.29, 0.717) is 5.69 Å². The smallest absolute Gasteiger partial charge is 0.212 e. The highest BCUT2D eigenvalue weighted by molar-refractivity contribution is 7.10. The number of rotatable bonds is 3. The van der Waals surface area contributed by atoms with E-state index in [1.165, 1.54) is 0 Å². The van der Waals surface area contributed by atoms with Gasteiger partial charge in [-0.05, 0) is 36.4 Å². The normalized spacial score (nSPS) is 10.4. The summed E-state index contributed by atoms with van der Waals surface area (Å²) in [4.78, 5) is 17.5. The quantitative estimate of drug-likeness (QED) is 0.759. The summed E-state index contributed by atoms with van der Waals surface area (Å²) in [7, 11) is 0. The van der Waals surface area contributed by atoms with E-state index in [4.69, 9.17) is 0 Å². The molecule has 3 heteroatoms. The van der Waals surface area contributed by atoms with E-state index < -0.39 is 0 Å². The summed E-state index contributed by atoms with van der Waals surface area (Å²) in [5, 5.41) is 1.94. The molecule has 2 aromatic rings. The SMILES string of the molecule is CCc1cccnc1C(=O)c1ccsc1C. The summed E-state index contributed by atoms with van der Waals surface area (Å²) < 4.78 is 0. The lowest BCUT2D eigenvalue weighted by Gasteiger charge is -2.04. The molecule has 0 aliphatic carbocycles.